The van der Waals surface area contributed by atoms with Crippen molar-refractivity contribution in [3.8, 4) is 6.07 Å². The summed E-state index contributed by atoms with van der Waals surface area (Å²) in [5.41, 5.74) is 0.119. The molecule has 0 aromatic carbocycles. The Morgan fingerprint density at radius 3 is 2.82 bits per heavy atom. The van der Waals surface area contributed by atoms with Crippen LogP contribution in [0.4, 0.5) is 0 Å². The van der Waals surface area contributed by atoms with Gasteiger partial charge >= 0.3 is 0 Å². The van der Waals surface area contributed by atoms with Gasteiger partial charge in [0.2, 0.25) is 0 Å². The molecule has 5 nitrogen and oxygen atoms in total. The molecular formula is C12H19N3O2. The van der Waals surface area contributed by atoms with Crippen LogP contribution < -0.4 is 10.6 Å². The Labute approximate surface area is 102 Å². The minimum atomic E-state index is -0.288. The molecule has 0 radical (unpaired) electrons. The normalized spacial score (nSPS) is 16.6. The van der Waals surface area contributed by atoms with E-state index in [0.29, 0.717) is 13.2 Å². The predicted octanol–water partition coefficient (Wildman–Crippen LogP) is 0.689. The van der Waals surface area contributed by atoms with E-state index >= 15 is 0 Å². The number of rotatable bonds is 6. The van der Waals surface area contributed by atoms with Crippen molar-refractivity contribution in [3.05, 3.63) is 11.8 Å². The molecule has 1 rings (SSSR count). The first-order chi connectivity index (χ1) is 8.27. The summed E-state index contributed by atoms with van der Waals surface area (Å²) >= 11 is 0. The van der Waals surface area contributed by atoms with Crippen LogP contribution in [0.15, 0.2) is 11.8 Å². The van der Waals surface area contributed by atoms with Crippen LogP contribution >= 0.6 is 0 Å². The Kier molecular flexibility index (Phi) is 6.12. The quantitative estimate of drug-likeness (QED) is 0.405. The molecule has 1 aliphatic carbocycles. The smallest absolute Gasteiger partial charge is 0.263 e. The van der Waals surface area contributed by atoms with Crippen molar-refractivity contribution in [3.63, 3.8) is 0 Å². The molecule has 0 aromatic rings. The number of nitrogens with one attached hydrogen (secondary N) is 2. The van der Waals surface area contributed by atoms with E-state index < -0.39 is 0 Å². The van der Waals surface area contributed by atoms with Gasteiger partial charge in [-0.25, -0.2) is 0 Å². The van der Waals surface area contributed by atoms with E-state index in [0.717, 1.165) is 25.7 Å². The van der Waals surface area contributed by atoms with Crippen LogP contribution in [-0.4, -0.2) is 32.2 Å². The van der Waals surface area contributed by atoms with E-state index in [-0.39, 0.29) is 17.5 Å². The maximum Gasteiger partial charge on any atom is 0.263 e. The van der Waals surface area contributed by atoms with Crippen LogP contribution in [-0.2, 0) is 9.53 Å². The zero-order valence-corrected chi connectivity index (χ0v) is 10.2. The summed E-state index contributed by atoms with van der Waals surface area (Å²) in [6, 6.07) is 2.13. The molecule has 0 heterocycles. The molecule has 0 aromatic heterocycles. The Hall–Kier alpha value is -1.54. The fraction of sp³-hybridized carbons (Fsp3) is 0.667. The lowest BCUT2D eigenvalue weighted by Crippen LogP contribution is -2.34. The van der Waals surface area contributed by atoms with Crippen molar-refractivity contribution in [2.75, 3.05) is 20.3 Å². The van der Waals surface area contributed by atoms with Crippen molar-refractivity contribution in [2.24, 2.45) is 0 Å². The Morgan fingerprint density at radius 2 is 2.24 bits per heavy atom. The molecule has 0 unspecified atom stereocenters. The summed E-state index contributed by atoms with van der Waals surface area (Å²) in [4.78, 5) is 11.7. The Balaban J connectivity index is 2.37. The Morgan fingerprint density at radius 1 is 1.53 bits per heavy atom. The number of carbonyl (C=O) groups excluding carboxylic acids is 1. The number of nitrogens with zero attached hydrogens (tertiary/aromatic N) is 1. The summed E-state index contributed by atoms with van der Waals surface area (Å²) in [6.45, 7) is 1.12. The highest BCUT2D eigenvalue weighted by Crippen LogP contribution is 2.17. The fourth-order valence-corrected chi connectivity index (χ4v) is 1.82. The summed E-state index contributed by atoms with van der Waals surface area (Å²) in [6.07, 6.45) is 5.79. The topological polar surface area (TPSA) is 74.1 Å². The molecule has 0 saturated heterocycles. The number of nitriles is 1. The van der Waals surface area contributed by atoms with Crippen LogP contribution in [0, 0.1) is 11.3 Å². The summed E-state index contributed by atoms with van der Waals surface area (Å²) in [5, 5.41) is 14.6. The van der Waals surface area contributed by atoms with E-state index in [9.17, 15) is 4.79 Å². The van der Waals surface area contributed by atoms with E-state index in [4.69, 9.17) is 10.00 Å². The molecule has 0 atom stereocenters. The largest absolute Gasteiger partial charge is 0.387 e. The van der Waals surface area contributed by atoms with Gasteiger partial charge in [0.05, 0.1) is 6.61 Å². The molecule has 1 saturated carbocycles. The lowest BCUT2D eigenvalue weighted by molar-refractivity contribution is -0.117. The lowest BCUT2D eigenvalue weighted by Gasteiger charge is -2.11. The molecule has 1 fully saturated rings. The van der Waals surface area contributed by atoms with E-state index in [1.807, 2.05) is 6.07 Å². The van der Waals surface area contributed by atoms with Gasteiger partial charge in [0, 0.05) is 25.9 Å². The lowest BCUT2D eigenvalue weighted by atomic mass is 10.2. The number of hydrogen-bond acceptors (Lipinski definition) is 4. The minimum absolute atomic E-state index is 0.119. The van der Waals surface area contributed by atoms with Crippen molar-refractivity contribution < 1.29 is 9.53 Å². The average Bonchev–Trinajstić information content (AvgIpc) is 2.82. The summed E-state index contributed by atoms with van der Waals surface area (Å²) < 4.78 is 4.85. The molecule has 1 amide bonds. The third kappa shape index (κ3) is 4.87. The SMILES string of the molecule is COCCN/C=C(/C#N)C(=O)NC1CCCC1. The standard InChI is InChI=1S/C12H19N3O2/c1-17-7-6-14-9-10(8-13)12(16)15-11-4-2-3-5-11/h9,11,14H,2-7H2,1H3,(H,15,16)/b10-9-. The van der Waals surface area contributed by atoms with E-state index in [1.54, 1.807) is 7.11 Å². The second kappa shape index (κ2) is 7.69. The fourth-order valence-electron chi connectivity index (χ4n) is 1.82. The predicted molar refractivity (Wildman–Crippen MR) is 64.0 cm³/mol. The third-order valence-electron chi connectivity index (χ3n) is 2.75. The molecule has 17 heavy (non-hydrogen) atoms. The molecule has 5 heteroatoms. The number of ether oxygens (including phenoxy) is 1. The third-order valence-corrected chi connectivity index (χ3v) is 2.75. The first-order valence-corrected chi connectivity index (χ1v) is 5.91. The second-order valence-corrected chi connectivity index (χ2v) is 4.07. The number of methoxy groups -OCH3 is 1. The van der Waals surface area contributed by atoms with E-state index in [1.165, 1.54) is 6.20 Å². The number of hydrogen-bond donors (Lipinski definition) is 2. The van der Waals surface area contributed by atoms with Gasteiger partial charge in [-0.3, -0.25) is 4.79 Å². The highest BCUT2D eigenvalue weighted by atomic mass is 16.5. The van der Waals surface area contributed by atoms with Crippen molar-refractivity contribution in [1.29, 1.82) is 5.26 Å². The zero-order chi connectivity index (χ0) is 12.5. The van der Waals surface area contributed by atoms with Gasteiger partial charge in [-0.15, -0.1) is 0 Å². The van der Waals surface area contributed by atoms with Gasteiger partial charge < -0.3 is 15.4 Å². The summed E-state index contributed by atoms with van der Waals surface area (Å²) in [5.74, 6) is -0.288. The molecule has 1 aliphatic rings. The first-order valence-electron chi connectivity index (χ1n) is 5.91. The Bertz CT molecular complexity index is 314. The number of carbonyl (C=O) groups is 1. The molecule has 0 spiro atoms. The molecule has 0 bridgehead atoms. The molecular weight excluding hydrogens is 218 g/mol. The van der Waals surface area contributed by atoms with Gasteiger partial charge in [-0.05, 0) is 12.8 Å². The van der Waals surface area contributed by atoms with Crippen LogP contribution in [0.2, 0.25) is 0 Å². The number of amides is 1. The van der Waals surface area contributed by atoms with Crippen molar-refractivity contribution >= 4 is 5.91 Å². The summed E-state index contributed by atoms with van der Waals surface area (Å²) in [7, 11) is 1.60. The van der Waals surface area contributed by atoms with Gasteiger partial charge in [0.1, 0.15) is 11.6 Å². The van der Waals surface area contributed by atoms with Gasteiger partial charge in [0.25, 0.3) is 5.91 Å². The maximum atomic E-state index is 11.7. The molecule has 94 valence electrons. The van der Waals surface area contributed by atoms with Crippen molar-refractivity contribution in [2.45, 2.75) is 31.7 Å². The van der Waals surface area contributed by atoms with Crippen LogP contribution in [0.1, 0.15) is 25.7 Å². The second-order valence-electron chi connectivity index (χ2n) is 4.07. The molecule has 0 aliphatic heterocycles. The van der Waals surface area contributed by atoms with Crippen LogP contribution in [0.25, 0.3) is 0 Å². The van der Waals surface area contributed by atoms with Crippen LogP contribution in [0.3, 0.4) is 0 Å². The minimum Gasteiger partial charge on any atom is -0.387 e. The average molecular weight is 237 g/mol. The van der Waals surface area contributed by atoms with Crippen molar-refractivity contribution in [1.82, 2.24) is 10.6 Å². The maximum absolute atomic E-state index is 11.7. The van der Waals surface area contributed by atoms with E-state index in [2.05, 4.69) is 10.6 Å². The zero-order valence-electron chi connectivity index (χ0n) is 10.2. The first kappa shape index (κ1) is 13.5. The van der Waals surface area contributed by atoms with Crippen LogP contribution in [0.5, 0.6) is 0 Å². The molecule has 2 N–H and O–H groups in total. The highest BCUT2D eigenvalue weighted by molar-refractivity contribution is 5.97. The van der Waals surface area contributed by atoms with Gasteiger partial charge in [-0.2, -0.15) is 5.26 Å². The van der Waals surface area contributed by atoms with Gasteiger partial charge in [0.15, 0.2) is 0 Å². The monoisotopic (exact) mass is 237 g/mol. The van der Waals surface area contributed by atoms with Gasteiger partial charge in [-0.1, -0.05) is 12.8 Å². The highest BCUT2D eigenvalue weighted by Gasteiger charge is 2.18.